The predicted molar refractivity (Wildman–Crippen MR) is 86.0 cm³/mol. The maximum absolute atomic E-state index is 13.4. The second-order valence-electron chi connectivity index (χ2n) is 5.13. The fourth-order valence-corrected chi connectivity index (χ4v) is 3.68. The van der Waals surface area contributed by atoms with Crippen LogP contribution in [0.3, 0.4) is 0 Å². The maximum atomic E-state index is 13.4. The SMILES string of the molecule is CN(C)c1cccc(C(F)(F)F)c1C1C(Cl)=CC(Cl)=CC1Cl. The van der Waals surface area contributed by atoms with Crippen molar-refractivity contribution in [1.82, 2.24) is 0 Å². The molecule has 0 aromatic heterocycles. The molecule has 2 unspecified atom stereocenters. The van der Waals surface area contributed by atoms with Crippen LogP contribution >= 0.6 is 34.8 Å². The topological polar surface area (TPSA) is 3.24 Å². The van der Waals surface area contributed by atoms with E-state index in [0.29, 0.717) is 10.7 Å². The molecule has 0 heterocycles. The van der Waals surface area contributed by atoms with Crippen LogP contribution in [0, 0.1) is 0 Å². The molecule has 1 aromatic carbocycles. The van der Waals surface area contributed by atoms with Crippen molar-refractivity contribution >= 4 is 40.5 Å². The molecular formula is C15H13Cl3F3N. The lowest BCUT2D eigenvalue weighted by atomic mass is 9.86. The van der Waals surface area contributed by atoms with E-state index in [0.717, 1.165) is 6.07 Å². The molecule has 120 valence electrons. The van der Waals surface area contributed by atoms with Crippen molar-refractivity contribution in [2.75, 3.05) is 19.0 Å². The van der Waals surface area contributed by atoms with E-state index in [2.05, 4.69) is 0 Å². The van der Waals surface area contributed by atoms with E-state index >= 15 is 0 Å². The summed E-state index contributed by atoms with van der Waals surface area (Å²) < 4.78 is 40.2. The Labute approximate surface area is 141 Å². The minimum atomic E-state index is -4.50. The standard InChI is InChI=1S/C15H13Cl3F3N/c1-22(2)12-5-3-4-9(15(19,20)21)13(12)14-10(17)6-8(16)7-11(14)18/h3-7,10,14H,1-2H3. The van der Waals surface area contributed by atoms with Crippen LogP contribution in [0.15, 0.2) is 40.4 Å². The van der Waals surface area contributed by atoms with Gasteiger partial charge in [0.25, 0.3) is 0 Å². The molecular weight excluding hydrogens is 358 g/mol. The quantitative estimate of drug-likeness (QED) is 0.602. The van der Waals surface area contributed by atoms with Gasteiger partial charge in [0, 0.05) is 35.8 Å². The smallest absolute Gasteiger partial charge is 0.377 e. The van der Waals surface area contributed by atoms with Crippen molar-refractivity contribution in [2.45, 2.75) is 17.5 Å². The molecule has 0 radical (unpaired) electrons. The highest BCUT2D eigenvalue weighted by Gasteiger charge is 2.40. The van der Waals surface area contributed by atoms with E-state index in [4.69, 9.17) is 34.8 Å². The summed E-state index contributed by atoms with van der Waals surface area (Å²) in [6, 6.07) is 4.02. The highest BCUT2D eigenvalue weighted by molar-refractivity contribution is 6.37. The molecule has 1 aromatic rings. The van der Waals surface area contributed by atoms with Gasteiger partial charge in [-0.3, -0.25) is 0 Å². The number of halogens is 6. The minimum absolute atomic E-state index is 0.0571. The van der Waals surface area contributed by atoms with E-state index in [1.165, 1.54) is 18.2 Å². The van der Waals surface area contributed by atoms with Crippen LogP contribution in [0.5, 0.6) is 0 Å². The molecule has 0 N–H and O–H groups in total. The second-order valence-corrected chi connectivity index (χ2v) is 6.51. The summed E-state index contributed by atoms with van der Waals surface area (Å²) in [5.74, 6) is -0.805. The lowest BCUT2D eigenvalue weighted by Gasteiger charge is -2.30. The Bertz CT molecular complexity index is 635. The van der Waals surface area contributed by atoms with Crippen molar-refractivity contribution in [2.24, 2.45) is 0 Å². The van der Waals surface area contributed by atoms with Crippen LogP contribution in [0.2, 0.25) is 0 Å². The van der Waals surface area contributed by atoms with Crippen LogP contribution in [0.4, 0.5) is 18.9 Å². The molecule has 0 aliphatic heterocycles. The zero-order valence-electron chi connectivity index (χ0n) is 11.8. The Balaban J connectivity index is 2.70. The van der Waals surface area contributed by atoms with Crippen LogP contribution in [-0.2, 0) is 6.18 Å². The lowest BCUT2D eigenvalue weighted by Crippen LogP contribution is -2.23. The molecule has 0 amide bonds. The highest BCUT2D eigenvalue weighted by atomic mass is 35.5. The first kappa shape index (κ1) is 17.5. The number of hydrogen-bond donors (Lipinski definition) is 0. The van der Waals surface area contributed by atoms with Crippen LogP contribution < -0.4 is 4.90 Å². The number of allylic oxidation sites excluding steroid dienone is 4. The van der Waals surface area contributed by atoms with E-state index in [9.17, 15) is 13.2 Å². The third-order valence-electron chi connectivity index (χ3n) is 3.39. The molecule has 0 bridgehead atoms. The molecule has 0 fully saturated rings. The summed E-state index contributed by atoms with van der Waals surface area (Å²) in [6.45, 7) is 0. The number of hydrogen-bond acceptors (Lipinski definition) is 1. The number of anilines is 1. The zero-order valence-corrected chi connectivity index (χ0v) is 14.0. The number of alkyl halides is 4. The molecule has 0 saturated heterocycles. The van der Waals surface area contributed by atoms with Crippen molar-refractivity contribution in [1.29, 1.82) is 0 Å². The lowest BCUT2D eigenvalue weighted by molar-refractivity contribution is -0.138. The Morgan fingerprint density at radius 1 is 1.14 bits per heavy atom. The predicted octanol–water partition coefficient (Wildman–Crippen LogP) is 5.72. The van der Waals surface area contributed by atoms with Gasteiger partial charge < -0.3 is 4.90 Å². The van der Waals surface area contributed by atoms with Gasteiger partial charge in [-0.2, -0.15) is 13.2 Å². The molecule has 0 saturated carbocycles. The molecule has 2 rings (SSSR count). The van der Waals surface area contributed by atoms with E-state index in [-0.39, 0.29) is 10.6 Å². The minimum Gasteiger partial charge on any atom is -0.377 e. The monoisotopic (exact) mass is 369 g/mol. The number of nitrogens with zero attached hydrogens (tertiary/aromatic N) is 1. The first-order valence-corrected chi connectivity index (χ1v) is 7.58. The van der Waals surface area contributed by atoms with Crippen LogP contribution in [0.1, 0.15) is 17.0 Å². The molecule has 22 heavy (non-hydrogen) atoms. The summed E-state index contributed by atoms with van der Waals surface area (Å²) in [6.07, 6.45) is -1.58. The highest BCUT2D eigenvalue weighted by Crippen LogP contribution is 2.47. The number of rotatable bonds is 2. The van der Waals surface area contributed by atoms with Gasteiger partial charge in [0.15, 0.2) is 0 Å². The molecule has 1 aliphatic rings. The molecule has 1 aliphatic carbocycles. The van der Waals surface area contributed by atoms with Crippen molar-refractivity contribution in [3.05, 3.63) is 51.5 Å². The van der Waals surface area contributed by atoms with Crippen LogP contribution in [0.25, 0.3) is 0 Å². The molecule has 1 nitrogen and oxygen atoms in total. The van der Waals surface area contributed by atoms with E-state index in [1.807, 2.05) is 0 Å². The third kappa shape index (κ3) is 3.39. The van der Waals surface area contributed by atoms with Gasteiger partial charge in [-0.1, -0.05) is 29.3 Å². The summed E-state index contributed by atoms with van der Waals surface area (Å²) in [5.41, 5.74) is -0.266. The second kappa shape index (κ2) is 6.34. The Morgan fingerprint density at radius 3 is 2.27 bits per heavy atom. The van der Waals surface area contributed by atoms with Crippen LogP contribution in [-0.4, -0.2) is 19.5 Å². The largest absolute Gasteiger partial charge is 0.416 e. The average Bonchev–Trinajstić information content (AvgIpc) is 2.36. The summed E-state index contributed by atoms with van der Waals surface area (Å²) in [7, 11) is 3.34. The van der Waals surface area contributed by atoms with Gasteiger partial charge in [0.2, 0.25) is 0 Å². The Morgan fingerprint density at radius 2 is 1.77 bits per heavy atom. The Kier molecular flexibility index (Phi) is 5.05. The van der Waals surface area contributed by atoms with Gasteiger partial charge in [0.1, 0.15) is 0 Å². The maximum Gasteiger partial charge on any atom is 0.416 e. The van der Waals surface area contributed by atoms with Gasteiger partial charge in [0.05, 0.1) is 10.9 Å². The summed E-state index contributed by atoms with van der Waals surface area (Å²) >= 11 is 18.3. The fraction of sp³-hybridized carbons (Fsp3) is 0.333. The first-order chi connectivity index (χ1) is 10.1. The normalized spacial score (nSPS) is 22.2. The first-order valence-electron chi connectivity index (χ1n) is 6.39. The van der Waals surface area contributed by atoms with Crippen molar-refractivity contribution in [3.8, 4) is 0 Å². The zero-order chi connectivity index (χ0) is 16.7. The fourth-order valence-electron chi connectivity index (χ4n) is 2.48. The number of benzene rings is 1. The van der Waals surface area contributed by atoms with Crippen molar-refractivity contribution in [3.63, 3.8) is 0 Å². The summed E-state index contributed by atoms with van der Waals surface area (Å²) in [5, 5.41) is -0.253. The van der Waals surface area contributed by atoms with Gasteiger partial charge >= 0.3 is 6.18 Å². The Hall–Kier alpha value is -0.840. The average molecular weight is 371 g/mol. The molecule has 0 spiro atoms. The van der Waals surface area contributed by atoms with Gasteiger partial charge in [-0.15, -0.1) is 11.6 Å². The van der Waals surface area contributed by atoms with E-state index in [1.54, 1.807) is 25.1 Å². The third-order valence-corrected chi connectivity index (χ3v) is 4.35. The summed E-state index contributed by atoms with van der Waals surface area (Å²) in [4.78, 5) is 1.61. The molecule has 2 atom stereocenters. The van der Waals surface area contributed by atoms with Gasteiger partial charge in [-0.25, -0.2) is 0 Å². The molecule has 7 heteroatoms. The van der Waals surface area contributed by atoms with E-state index < -0.39 is 23.0 Å². The van der Waals surface area contributed by atoms with Gasteiger partial charge in [-0.05, 0) is 29.8 Å². The van der Waals surface area contributed by atoms with Crippen molar-refractivity contribution < 1.29 is 13.2 Å².